The van der Waals surface area contributed by atoms with E-state index in [1.807, 2.05) is 37.3 Å². The Labute approximate surface area is 111 Å². The third-order valence-corrected chi connectivity index (χ3v) is 4.23. The molecule has 0 radical (unpaired) electrons. The molecule has 5 atom stereocenters. The molecule has 0 aliphatic carbocycles. The van der Waals surface area contributed by atoms with Gasteiger partial charge in [-0.25, -0.2) is 0 Å². The molecule has 1 fully saturated rings. The zero-order valence-corrected chi connectivity index (χ0v) is 11.0. The molecule has 0 bridgehead atoms. The van der Waals surface area contributed by atoms with Gasteiger partial charge in [-0.05, 0) is 18.6 Å². The van der Waals surface area contributed by atoms with Crippen LogP contribution in [0.2, 0.25) is 0 Å². The molecule has 0 spiro atoms. The summed E-state index contributed by atoms with van der Waals surface area (Å²) in [7, 11) is 0. The maximum Gasteiger partial charge on any atom is 0.136 e. The molecule has 1 aliphatic heterocycles. The Kier molecular flexibility index (Phi) is 4.64. The van der Waals surface area contributed by atoms with Gasteiger partial charge in [0.15, 0.2) is 0 Å². The molecule has 3 N–H and O–H groups in total. The van der Waals surface area contributed by atoms with E-state index in [-0.39, 0.29) is 0 Å². The average Bonchev–Trinajstić information content (AvgIpc) is 2.40. The van der Waals surface area contributed by atoms with Gasteiger partial charge in [0.25, 0.3) is 0 Å². The van der Waals surface area contributed by atoms with E-state index in [9.17, 15) is 15.3 Å². The summed E-state index contributed by atoms with van der Waals surface area (Å²) in [5, 5.41) is 29.5. The zero-order chi connectivity index (χ0) is 13.1. The maximum atomic E-state index is 9.93. The van der Waals surface area contributed by atoms with Crippen LogP contribution in [0.3, 0.4) is 0 Å². The van der Waals surface area contributed by atoms with Crippen molar-refractivity contribution in [2.45, 2.75) is 48.1 Å². The van der Waals surface area contributed by atoms with Crippen LogP contribution in [0.4, 0.5) is 0 Å². The Morgan fingerprint density at radius 3 is 2.33 bits per heavy atom. The van der Waals surface area contributed by atoms with Crippen molar-refractivity contribution in [2.24, 2.45) is 0 Å². The highest BCUT2D eigenvalue weighted by molar-refractivity contribution is 7.99. The first-order chi connectivity index (χ1) is 8.63. The number of thioether (sulfide) groups is 1. The van der Waals surface area contributed by atoms with E-state index in [2.05, 4.69) is 0 Å². The lowest BCUT2D eigenvalue weighted by atomic mass is 9.98. The molecule has 0 aromatic heterocycles. The van der Waals surface area contributed by atoms with E-state index in [1.165, 1.54) is 11.8 Å². The first-order valence-corrected chi connectivity index (χ1v) is 6.92. The van der Waals surface area contributed by atoms with Gasteiger partial charge in [-0.3, -0.25) is 0 Å². The SMILES string of the molecule is CCC1O[C@@H](Sc2ccccc2)C(O)[C@@H](O)[C@H]1O. The van der Waals surface area contributed by atoms with E-state index >= 15 is 0 Å². The number of ether oxygens (including phenoxy) is 1. The number of aliphatic hydroxyl groups is 3. The molecule has 18 heavy (non-hydrogen) atoms. The van der Waals surface area contributed by atoms with Crippen LogP contribution >= 0.6 is 11.8 Å². The van der Waals surface area contributed by atoms with Gasteiger partial charge in [-0.15, -0.1) is 0 Å². The summed E-state index contributed by atoms with van der Waals surface area (Å²) in [4.78, 5) is 0.958. The van der Waals surface area contributed by atoms with Gasteiger partial charge in [0.05, 0.1) is 6.10 Å². The minimum atomic E-state index is -1.16. The van der Waals surface area contributed by atoms with E-state index in [4.69, 9.17) is 4.74 Å². The maximum absolute atomic E-state index is 9.93. The number of hydrogen-bond acceptors (Lipinski definition) is 5. The molecule has 100 valence electrons. The standard InChI is InChI=1S/C13H18O4S/c1-2-9-10(14)11(15)12(16)13(17-9)18-8-6-4-3-5-7-8/h3-7,9-16H,2H2,1H3/t9?,10-,11-,12?,13-/m0/s1. The molecule has 1 aromatic rings. The van der Waals surface area contributed by atoms with Crippen molar-refractivity contribution in [1.82, 2.24) is 0 Å². The van der Waals surface area contributed by atoms with Crippen LogP contribution in [0.1, 0.15) is 13.3 Å². The highest BCUT2D eigenvalue weighted by atomic mass is 32.2. The normalized spacial score (nSPS) is 36.6. The second kappa shape index (κ2) is 6.04. The topological polar surface area (TPSA) is 69.9 Å². The van der Waals surface area contributed by atoms with Crippen molar-refractivity contribution in [2.75, 3.05) is 0 Å². The van der Waals surface area contributed by atoms with Gasteiger partial charge in [0, 0.05) is 4.90 Å². The van der Waals surface area contributed by atoms with Gasteiger partial charge < -0.3 is 20.1 Å². The van der Waals surface area contributed by atoms with E-state index in [0.717, 1.165) is 4.90 Å². The van der Waals surface area contributed by atoms with Gasteiger partial charge in [0.2, 0.25) is 0 Å². The van der Waals surface area contributed by atoms with E-state index in [0.29, 0.717) is 6.42 Å². The van der Waals surface area contributed by atoms with Crippen LogP contribution in [-0.2, 0) is 4.74 Å². The van der Waals surface area contributed by atoms with Crippen LogP contribution in [0.15, 0.2) is 35.2 Å². The monoisotopic (exact) mass is 270 g/mol. The molecule has 4 nitrogen and oxygen atoms in total. The van der Waals surface area contributed by atoms with Gasteiger partial charge in [0.1, 0.15) is 23.7 Å². The summed E-state index contributed by atoms with van der Waals surface area (Å²) in [6.45, 7) is 1.88. The zero-order valence-electron chi connectivity index (χ0n) is 10.1. The lowest BCUT2D eigenvalue weighted by Crippen LogP contribution is -2.56. The van der Waals surface area contributed by atoms with E-state index in [1.54, 1.807) is 0 Å². The highest BCUT2D eigenvalue weighted by Gasteiger charge is 2.43. The predicted molar refractivity (Wildman–Crippen MR) is 69.3 cm³/mol. The molecule has 1 aromatic carbocycles. The second-order valence-corrected chi connectivity index (χ2v) is 5.53. The Bertz CT molecular complexity index is 371. The van der Waals surface area contributed by atoms with Crippen molar-refractivity contribution in [3.8, 4) is 0 Å². The molecule has 1 heterocycles. The molecule has 1 aliphatic rings. The number of aliphatic hydroxyl groups excluding tert-OH is 3. The van der Waals surface area contributed by atoms with Gasteiger partial charge >= 0.3 is 0 Å². The molecule has 2 rings (SSSR count). The van der Waals surface area contributed by atoms with Crippen molar-refractivity contribution < 1.29 is 20.1 Å². The summed E-state index contributed by atoms with van der Waals surface area (Å²) >= 11 is 1.35. The van der Waals surface area contributed by atoms with Crippen LogP contribution in [0.25, 0.3) is 0 Å². The molecule has 0 amide bonds. The van der Waals surface area contributed by atoms with Gasteiger partial charge in [-0.2, -0.15) is 0 Å². The van der Waals surface area contributed by atoms with Gasteiger partial charge in [-0.1, -0.05) is 36.9 Å². The Morgan fingerprint density at radius 2 is 1.72 bits per heavy atom. The number of benzene rings is 1. The lowest BCUT2D eigenvalue weighted by Gasteiger charge is -2.40. The summed E-state index contributed by atoms with van der Waals surface area (Å²) < 4.78 is 5.64. The van der Waals surface area contributed by atoms with Crippen LogP contribution in [0.5, 0.6) is 0 Å². The lowest BCUT2D eigenvalue weighted by molar-refractivity contribution is -0.198. The highest BCUT2D eigenvalue weighted by Crippen LogP contribution is 2.33. The summed E-state index contributed by atoms with van der Waals surface area (Å²) in [6.07, 6.45) is -3.13. The van der Waals surface area contributed by atoms with Crippen molar-refractivity contribution in [1.29, 1.82) is 0 Å². The first kappa shape index (κ1) is 13.8. The number of hydrogen-bond donors (Lipinski definition) is 3. The average molecular weight is 270 g/mol. The summed E-state index contributed by atoms with van der Waals surface area (Å²) in [5.41, 5.74) is -0.559. The second-order valence-electron chi connectivity index (χ2n) is 4.35. The summed E-state index contributed by atoms with van der Waals surface area (Å²) in [6, 6.07) is 9.55. The molecule has 0 saturated carbocycles. The Balaban J connectivity index is 2.08. The minimum Gasteiger partial charge on any atom is -0.388 e. The largest absolute Gasteiger partial charge is 0.388 e. The fraction of sp³-hybridized carbons (Fsp3) is 0.538. The Morgan fingerprint density at radius 1 is 1.06 bits per heavy atom. The van der Waals surface area contributed by atoms with Crippen LogP contribution < -0.4 is 0 Å². The number of rotatable bonds is 3. The quantitative estimate of drug-likeness (QED) is 0.764. The third-order valence-electron chi connectivity index (χ3n) is 3.07. The van der Waals surface area contributed by atoms with Crippen molar-refractivity contribution in [3.63, 3.8) is 0 Å². The van der Waals surface area contributed by atoms with E-state index < -0.39 is 29.9 Å². The summed E-state index contributed by atoms with van der Waals surface area (Å²) in [5.74, 6) is 0. The Hall–Kier alpha value is -0.590. The smallest absolute Gasteiger partial charge is 0.136 e. The third kappa shape index (κ3) is 2.87. The van der Waals surface area contributed by atoms with Crippen molar-refractivity contribution >= 4 is 11.8 Å². The first-order valence-electron chi connectivity index (χ1n) is 6.05. The molecular formula is C13H18O4S. The van der Waals surface area contributed by atoms with Crippen LogP contribution in [0, 0.1) is 0 Å². The predicted octanol–water partition coefficient (Wildman–Crippen LogP) is 0.996. The molecule has 5 heteroatoms. The fourth-order valence-corrected chi connectivity index (χ4v) is 3.07. The molecular weight excluding hydrogens is 252 g/mol. The fourth-order valence-electron chi connectivity index (χ4n) is 1.98. The molecule has 2 unspecified atom stereocenters. The molecule has 1 saturated heterocycles. The van der Waals surface area contributed by atoms with Crippen molar-refractivity contribution in [3.05, 3.63) is 30.3 Å². The minimum absolute atomic E-state index is 0.440. The van der Waals surface area contributed by atoms with Crippen LogP contribution in [-0.4, -0.2) is 45.2 Å².